The van der Waals surface area contributed by atoms with E-state index >= 15 is 0 Å². The minimum Gasteiger partial charge on any atom is -0.324 e. The summed E-state index contributed by atoms with van der Waals surface area (Å²) in [5.41, 5.74) is 5.56. The number of nitrogens with two attached hydrogens (primary N) is 1. The van der Waals surface area contributed by atoms with Crippen LogP contribution in [0.25, 0.3) is 0 Å². The highest BCUT2D eigenvalue weighted by Crippen LogP contribution is 2.14. The lowest BCUT2D eigenvalue weighted by Crippen LogP contribution is -2.21. The molecule has 48 valence electrons. The van der Waals surface area contributed by atoms with Crippen molar-refractivity contribution in [2.75, 3.05) is 0 Å². The van der Waals surface area contributed by atoms with Crippen molar-refractivity contribution in [1.82, 2.24) is 0 Å². The number of hydrogen-bond acceptors (Lipinski definition) is 2. The van der Waals surface area contributed by atoms with Crippen molar-refractivity contribution in [2.45, 2.75) is 18.9 Å². The van der Waals surface area contributed by atoms with Crippen molar-refractivity contribution in [3.63, 3.8) is 0 Å². The number of nitriles is 1. The highest BCUT2D eigenvalue weighted by atomic mass is 14.6. The average Bonchev–Trinajstić information content (AvgIpc) is 1.90. The summed E-state index contributed by atoms with van der Waals surface area (Å²) >= 11 is 0. The van der Waals surface area contributed by atoms with Gasteiger partial charge in [-0.1, -0.05) is 12.2 Å². The Bertz CT molecular complexity index is 155. The van der Waals surface area contributed by atoms with E-state index in [9.17, 15) is 0 Å². The van der Waals surface area contributed by atoms with Crippen LogP contribution in [0.15, 0.2) is 12.2 Å². The van der Waals surface area contributed by atoms with Crippen molar-refractivity contribution < 1.29 is 0 Å². The summed E-state index contributed by atoms with van der Waals surface area (Å²) < 4.78 is 0. The molecule has 9 heavy (non-hydrogen) atoms. The molecular formula is C7H10N2. The van der Waals surface area contributed by atoms with Crippen LogP contribution in [0, 0.1) is 17.2 Å². The lowest BCUT2D eigenvalue weighted by Gasteiger charge is -2.13. The van der Waals surface area contributed by atoms with Crippen LogP contribution in [-0.4, -0.2) is 6.04 Å². The van der Waals surface area contributed by atoms with Gasteiger partial charge < -0.3 is 5.73 Å². The van der Waals surface area contributed by atoms with Crippen LogP contribution in [0.1, 0.15) is 12.8 Å². The fraction of sp³-hybridized carbons (Fsp3) is 0.571. The maximum atomic E-state index is 8.44. The highest BCUT2D eigenvalue weighted by molar-refractivity contribution is 5.07. The Kier molecular flexibility index (Phi) is 1.86. The second kappa shape index (κ2) is 2.65. The zero-order chi connectivity index (χ0) is 6.69. The Balaban J connectivity index is 2.50. The Hall–Kier alpha value is -0.810. The zero-order valence-electron chi connectivity index (χ0n) is 5.25. The van der Waals surface area contributed by atoms with Gasteiger partial charge in [-0.25, -0.2) is 0 Å². The molecule has 0 heterocycles. The van der Waals surface area contributed by atoms with Crippen LogP contribution in [0.3, 0.4) is 0 Å². The Morgan fingerprint density at radius 3 is 2.67 bits per heavy atom. The number of rotatable bonds is 0. The summed E-state index contributed by atoms with van der Waals surface area (Å²) in [5, 5.41) is 8.44. The number of nitrogens with zero attached hydrogens (tertiary/aromatic N) is 1. The maximum absolute atomic E-state index is 8.44. The molecular weight excluding hydrogens is 112 g/mol. The summed E-state index contributed by atoms with van der Waals surface area (Å²) in [6.07, 6.45) is 5.69. The van der Waals surface area contributed by atoms with Crippen molar-refractivity contribution >= 4 is 0 Å². The van der Waals surface area contributed by atoms with Crippen molar-refractivity contribution in [3.05, 3.63) is 12.2 Å². The minimum atomic E-state index is 0.116. The molecule has 2 atom stereocenters. The third-order valence-corrected chi connectivity index (χ3v) is 1.57. The van der Waals surface area contributed by atoms with Crippen LogP contribution in [0.4, 0.5) is 0 Å². The fourth-order valence-electron chi connectivity index (χ4n) is 0.949. The van der Waals surface area contributed by atoms with E-state index in [4.69, 9.17) is 11.0 Å². The molecule has 2 unspecified atom stereocenters. The van der Waals surface area contributed by atoms with Crippen LogP contribution in [-0.2, 0) is 0 Å². The molecule has 2 N–H and O–H groups in total. The molecule has 1 rings (SSSR count). The van der Waals surface area contributed by atoms with E-state index in [-0.39, 0.29) is 12.0 Å². The van der Waals surface area contributed by atoms with Crippen molar-refractivity contribution in [3.8, 4) is 6.07 Å². The summed E-state index contributed by atoms with van der Waals surface area (Å²) in [5.74, 6) is 0.116. The summed E-state index contributed by atoms with van der Waals surface area (Å²) in [7, 11) is 0. The van der Waals surface area contributed by atoms with Crippen LogP contribution in [0.5, 0.6) is 0 Å². The number of hydrogen-bond donors (Lipinski definition) is 1. The van der Waals surface area contributed by atoms with Gasteiger partial charge in [0.2, 0.25) is 0 Å². The molecule has 2 nitrogen and oxygen atoms in total. The molecule has 0 spiro atoms. The van der Waals surface area contributed by atoms with Crippen LogP contribution < -0.4 is 5.73 Å². The van der Waals surface area contributed by atoms with Crippen LogP contribution in [0.2, 0.25) is 0 Å². The molecule has 0 amide bonds. The minimum absolute atomic E-state index is 0.116. The van der Waals surface area contributed by atoms with Gasteiger partial charge in [-0.2, -0.15) is 5.26 Å². The van der Waals surface area contributed by atoms with E-state index in [1.807, 2.05) is 12.2 Å². The molecule has 0 bridgehead atoms. The van der Waals surface area contributed by atoms with E-state index in [1.54, 1.807) is 0 Å². The van der Waals surface area contributed by atoms with Crippen LogP contribution >= 0.6 is 0 Å². The van der Waals surface area contributed by atoms with Crippen molar-refractivity contribution in [2.24, 2.45) is 11.7 Å². The maximum Gasteiger partial charge on any atom is 0.0697 e. The summed E-state index contributed by atoms with van der Waals surface area (Å²) in [6, 6.07) is 2.37. The summed E-state index contributed by atoms with van der Waals surface area (Å²) in [4.78, 5) is 0. The first-order chi connectivity index (χ1) is 4.33. The van der Waals surface area contributed by atoms with E-state index in [0.717, 1.165) is 12.8 Å². The third-order valence-electron chi connectivity index (χ3n) is 1.57. The molecule has 0 aromatic rings. The molecule has 0 aromatic heterocycles. The molecule has 0 saturated carbocycles. The highest BCUT2D eigenvalue weighted by Gasteiger charge is 2.10. The first-order valence-corrected chi connectivity index (χ1v) is 3.16. The molecule has 0 saturated heterocycles. The van der Waals surface area contributed by atoms with Gasteiger partial charge in [-0.05, 0) is 12.8 Å². The monoisotopic (exact) mass is 122 g/mol. The molecule has 1 aliphatic carbocycles. The second-order valence-electron chi connectivity index (χ2n) is 2.36. The van der Waals surface area contributed by atoms with Gasteiger partial charge in [0.1, 0.15) is 0 Å². The van der Waals surface area contributed by atoms with Crippen molar-refractivity contribution in [1.29, 1.82) is 5.26 Å². The first kappa shape index (κ1) is 6.31. The normalized spacial score (nSPS) is 33.8. The van der Waals surface area contributed by atoms with Gasteiger partial charge >= 0.3 is 0 Å². The van der Waals surface area contributed by atoms with Gasteiger partial charge in [0.25, 0.3) is 0 Å². The molecule has 0 radical (unpaired) electrons. The zero-order valence-corrected chi connectivity index (χ0v) is 5.25. The molecule has 2 heteroatoms. The quantitative estimate of drug-likeness (QED) is 0.483. The van der Waals surface area contributed by atoms with E-state index in [1.165, 1.54) is 0 Å². The average molecular weight is 122 g/mol. The second-order valence-corrected chi connectivity index (χ2v) is 2.36. The Labute approximate surface area is 55.0 Å². The third kappa shape index (κ3) is 1.55. The summed E-state index contributed by atoms with van der Waals surface area (Å²) in [6.45, 7) is 0. The fourth-order valence-corrected chi connectivity index (χ4v) is 0.949. The Morgan fingerprint density at radius 2 is 2.22 bits per heavy atom. The smallest absolute Gasteiger partial charge is 0.0697 e. The molecule has 0 fully saturated rings. The predicted octanol–water partition coefficient (Wildman–Crippen LogP) is 0.803. The van der Waals surface area contributed by atoms with E-state index in [2.05, 4.69) is 6.07 Å². The topological polar surface area (TPSA) is 49.8 Å². The molecule has 0 aromatic carbocycles. The largest absolute Gasteiger partial charge is 0.324 e. The lowest BCUT2D eigenvalue weighted by atomic mass is 9.95. The van der Waals surface area contributed by atoms with Gasteiger partial charge in [-0.15, -0.1) is 0 Å². The standard InChI is InChI=1S/C7H10N2/c8-5-6-1-3-7(9)4-2-6/h1,3,6-7H,2,4,9H2. The van der Waals surface area contributed by atoms with Gasteiger partial charge in [0.05, 0.1) is 12.0 Å². The van der Waals surface area contributed by atoms with Gasteiger partial charge in [-0.3, -0.25) is 0 Å². The first-order valence-electron chi connectivity index (χ1n) is 3.16. The van der Waals surface area contributed by atoms with Gasteiger partial charge in [0, 0.05) is 6.04 Å². The lowest BCUT2D eigenvalue weighted by molar-refractivity contribution is 0.583. The molecule has 1 aliphatic rings. The SMILES string of the molecule is N#CC1C=CC(N)CC1. The molecule has 0 aliphatic heterocycles. The number of allylic oxidation sites excluding steroid dienone is 1. The van der Waals surface area contributed by atoms with E-state index < -0.39 is 0 Å². The van der Waals surface area contributed by atoms with Gasteiger partial charge in [0.15, 0.2) is 0 Å². The predicted molar refractivity (Wildman–Crippen MR) is 35.5 cm³/mol. The Morgan fingerprint density at radius 1 is 1.44 bits per heavy atom. The van der Waals surface area contributed by atoms with E-state index in [0.29, 0.717) is 0 Å².